The fourth-order valence-corrected chi connectivity index (χ4v) is 0.985. The first-order valence-corrected chi connectivity index (χ1v) is 3.52. The summed E-state index contributed by atoms with van der Waals surface area (Å²) in [6.07, 6.45) is 0.868. The largest absolute Gasteiger partial charge is 0.384 e. The summed E-state index contributed by atoms with van der Waals surface area (Å²) < 4.78 is 8.56. The Morgan fingerprint density at radius 2 is 2.67 bits per heavy atom. The second-order valence-corrected chi connectivity index (χ2v) is 2.25. The van der Waals surface area contributed by atoms with E-state index < -0.39 is 0 Å². The van der Waals surface area contributed by atoms with E-state index in [1.54, 1.807) is 7.11 Å². The van der Waals surface area contributed by atoms with Crippen molar-refractivity contribution in [3.05, 3.63) is 11.1 Å². The van der Waals surface area contributed by atoms with Crippen LogP contribution in [-0.4, -0.2) is 23.3 Å². The average molecular weight is 144 g/mol. The molecule has 1 rings (SSSR count). The maximum absolute atomic E-state index is 4.85. The minimum Gasteiger partial charge on any atom is -0.384 e. The summed E-state index contributed by atoms with van der Waals surface area (Å²) >= 11 is 1.37. The quantitative estimate of drug-likeness (QED) is 0.627. The fourth-order valence-electron chi connectivity index (χ4n) is 0.500. The van der Waals surface area contributed by atoms with E-state index >= 15 is 0 Å². The predicted molar refractivity (Wildman–Crippen MR) is 35.5 cm³/mol. The molecule has 4 heteroatoms. The molecule has 0 fully saturated rings. The summed E-state index contributed by atoms with van der Waals surface area (Å²) in [5, 5.41) is 5.77. The van der Waals surface area contributed by atoms with Gasteiger partial charge in [0.2, 0.25) is 0 Å². The lowest BCUT2D eigenvalue weighted by Crippen LogP contribution is -1.93. The molecule has 0 spiro atoms. The SMILES string of the molecule is COCCc1csnn1. The monoisotopic (exact) mass is 144 g/mol. The molecule has 0 aromatic carbocycles. The number of methoxy groups -OCH3 is 1. The van der Waals surface area contributed by atoms with Crippen LogP contribution in [0.1, 0.15) is 5.69 Å². The lowest BCUT2D eigenvalue weighted by atomic mass is 10.4. The van der Waals surface area contributed by atoms with Gasteiger partial charge in [-0.2, -0.15) is 0 Å². The summed E-state index contributed by atoms with van der Waals surface area (Å²) in [7, 11) is 1.68. The number of ether oxygens (including phenoxy) is 1. The van der Waals surface area contributed by atoms with Crippen LogP contribution in [-0.2, 0) is 11.2 Å². The molecule has 9 heavy (non-hydrogen) atoms. The number of rotatable bonds is 3. The summed E-state index contributed by atoms with van der Waals surface area (Å²) in [6, 6.07) is 0. The Hall–Kier alpha value is -0.480. The van der Waals surface area contributed by atoms with Gasteiger partial charge in [0.25, 0.3) is 0 Å². The highest BCUT2D eigenvalue weighted by Crippen LogP contribution is 1.96. The van der Waals surface area contributed by atoms with Gasteiger partial charge in [0.15, 0.2) is 0 Å². The summed E-state index contributed by atoms with van der Waals surface area (Å²) in [4.78, 5) is 0. The molecule has 1 heterocycles. The number of hydrogen-bond donors (Lipinski definition) is 0. The van der Waals surface area contributed by atoms with E-state index in [9.17, 15) is 0 Å². The minimum absolute atomic E-state index is 0.728. The first-order chi connectivity index (χ1) is 4.43. The third-order valence-electron chi connectivity index (χ3n) is 0.967. The Morgan fingerprint density at radius 3 is 3.22 bits per heavy atom. The summed E-state index contributed by atoms with van der Waals surface area (Å²) in [6.45, 7) is 0.728. The van der Waals surface area contributed by atoms with Crippen LogP contribution in [0.3, 0.4) is 0 Å². The van der Waals surface area contributed by atoms with Crippen LogP contribution in [0.4, 0.5) is 0 Å². The second-order valence-electron chi connectivity index (χ2n) is 1.64. The average Bonchev–Trinajstić information content (AvgIpc) is 2.34. The molecule has 0 aliphatic heterocycles. The van der Waals surface area contributed by atoms with Crippen molar-refractivity contribution in [3.63, 3.8) is 0 Å². The highest BCUT2D eigenvalue weighted by molar-refractivity contribution is 7.03. The summed E-state index contributed by atoms with van der Waals surface area (Å²) in [5.41, 5.74) is 1.02. The van der Waals surface area contributed by atoms with Crippen molar-refractivity contribution in [2.75, 3.05) is 13.7 Å². The first-order valence-electron chi connectivity index (χ1n) is 2.68. The summed E-state index contributed by atoms with van der Waals surface area (Å²) in [5.74, 6) is 0. The van der Waals surface area contributed by atoms with E-state index in [1.807, 2.05) is 5.38 Å². The minimum atomic E-state index is 0.728. The number of aromatic nitrogens is 2. The van der Waals surface area contributed by atoms with Crippen molar-refractivity contribution in [1.29, 1.82) is 0 Å². The zero-order valence-corrected chi connectivity index (χ0v) is 6.02. The number of hydrogen-bond acceptors (Lipinski definition) is 4. The highest BCUT2D eigenvalue weighted by Gasteiger charge is 1.92. The van der Waals surface area contributed by atoms with Crippen LogP contribution >= 0.6 is 11.5 Å². The van der Waals surface area contributed by atoms with Crippen molar-refractivity contribution >= 4 is 11.5 Å². The number of nitrogens with zero attached hydrogens (tertiary/aromatic N) is 2. The van der Waals surface area contributed by atoms with Gasteiger partial charge in [-0.1, -0.05) is 4.49 Å². The van der Waals surface area contributed by atoms with Gasteiger partial charge in [0.1, 0.15) is 0 Å². The van der Waals surface area contributed by atoms with Gasteiger partial charge >= 0.3 is 0 Å². The van der Waals surface area contributed by atoms with E-state index in [-0.39, 0.29) is 0 Å². The van der Waals surface area contributed by atoms with Crippen LogP contribution in [0.5, 0.6) is 0 Å². The molecule has 0 saturated heterocycles. The molecule has 0 saturated carbocycles. The zero-order chi connectivity index (χ0) is 6.53. The van der Waals surface area contributed by atoms with Crippen molar-refractivity contribution in [2.45, 2.75) is 6.42 Å². The lowest BCUT2D eigenvalue weighted by Gasteiger charge is -1.90. The van der Waals surface area contributed by atoms with Crippen molar-refractivity contribution < 1.29 is 4.74 Å². The molecule has 0 radical (unpaired) electrons. The van der Waals surface area contributed by atoms with Crippen LogP contribution in [0.2, 0.25) is 0 Å². The predicted octanol–water partition coefficient (Wildman–Crippen LogP) is 0.727. The fraction of sp³-hybridized carbons (Fsp3) is 0.600. The molecule has 50 valence electrons. The molecular formula is C5H8N2OS. The van der Waals surface area contributed by atoms with Gasteiger partial charge in [0, 0.05) is 18.9 Å². The van der Waals surface area contributed by atoms with Crippen molar-refractivity contribution in [3.8, 4) is 0 Å². The molecule has 0 atom stereocenters. The smallest absolute Gasteiger partial charge is 0.0778 e. The molecule has 0 unspecified atom stereocenters. The molecule has 0 aliphatic carbocycles. The van der Waals surface area contributed by atoms with E-state index in [2.05, 4.69) is 9.59 Å². The Balaban J connectivity index is 2.30. The molecule has 0 N–H and O–H groups in total. The third kappa shape index (κ3) is 2.07. The van der Waals surface area contributed by atoms with Gasteiger partial charge in [0.05, 0.1) is 12.3 Å². The molecule has 0 amide bonds. The van der Waals surface area contributed by atoms with Crippen molar-refractivity contribution in [2.24, 2.45) is 0 Å². The molecule has 0 aliphatic rings. The van der Waals surface area contributed by atoms with Gasteiger partial charge in [-0.25, -0.2) is 0 Å². The Bertz CT molecular complexity index is 152. The van der Waals surface area contributed by atoms with Crippen LogP contribution in [0.25, 0.3) is 0 Å². The molecular weight excluding hydrogens is 136 g/mol. The normalized spacial score (nSPS) is 9.89. The van der Waals surface area contributed by atoms with Crippen LogP contribution in [0, 0.1) is 0 Å². The van der Waals surface area contributed by atoms with Crippen LogP contribution in [0.15, 0.2) is 5.38 Å². The lowest BCUT2D eigenvalue weighted by molar-refractivity contribution is 0.201. The zero-order valence-electron chi connectivity index (χ0n) is 5.20. The molecule has 1 aromatic heterocycles. The van der Waals surface area contributed by atoms with E-state index in [1.165, 1.54) is 11.5 Å². The maximum atomic E-state index is 4.85. The van der Waals surface area contributed by atoms with Gasteiger partial charge < -0.3 is 4.74 Å². The van der Waals surface area contributed by atoms with Gasteiger partial charge in [-0.3, -0.25) is 0 Å². The molecule has 3 nitrogen and oxygen atoms in total. The maximum Gasteiger partial charge on any atom is 0.0778 e. The standard InChI is InChI=1S/C5H8N2OS/c1-8-3-2-5-4-9-7-6-5/h4H,2-3H2,1H3. The first kappa shape index (κ1) is 6.64. The molecule has 0 bridgehead atoms. The van der Waals surface area contributed by atoms with Gasteiger partial charge in [-0.15, -0.1) is 5.10 Å². The van der Waals surface area contributed by atoms with Crippen LogP contribution < -0.4 is 0 Å². The van der Waals surface area contributed by atoms with E-state index in [0.29, 0.717) is 0 Å². The second kappa shape index (κ2) is 3.53. The highest BCUT2D eigenvalue weighted by atomic mass is 32.1. The van der Waals surface area contributed by atoms with E-state index in [0.717, 1.165) is 18.7 Å². The Morgan fingerprint density at radius 1 is 1.78 bits per heavy atom. The Labute approximate surface area is 57.8 Å². The van der Waals surface area contributed by atoms with E-state index in [4.69, 9.17) is 4.74 Å². The van der Waals surface area contributed by atoms with Crippen molar-refractivity contribution in [1.82, 2.24) is 9.59 Å². The Kier molecular flexibility index (Phi) is 2.60. The molecule has 1 aromatic rings. The topological polar surface area (TPSA) is 35.0 Å². The van der Waals surface area contributed by atoms with Gasteiger partial charge in [-0.05, 0) is 11.5 Å². The third-order valence-corrected chi connectivity index (χ3v) is 1.52.